The standard InChI is InChI=1S/C13H19FN2O2/c1-8(2)6-10(15)13(17)16-11-5-4-9(14)7-12(11)18-3/h4-5,7-8,10H,6,15H2,1-3H3,(H,16,17)/t10-/m0/s1. The highest BCUT2D eigenvalue weighted by molar-refractivity contribution is 5.95. The molecule has 0 bridgehead atoms. The lowest BCUT2D eigenvalue weighted by Crippen LogP contribution is -2.36. The van der Waals surface area contributed by atoms with Crippen molar-refractivity contribution in [3.63, 3.8) is 0 Å². The molecule has 1 atom stereocenters. The molecule has 0 aliphatic heterocycles. The molecule has 0 saturated heterocycles. The van der Waals surface area contributed by atoms with E-state index in [9.17, 15) is 9.18 Å². The van der Waals surface area contributed by atoms with Crippen LogP contribution in [-0.2, 0) is 4.79 Å². The van der Waals surface area contributed by atoms with E-state index in [1.807, 2.05) is 13.8 Å². The fourth-order valence-corrected chi connectivity index (χ4v) is 1.61. The summed E-state index contributed by atoms with van der Waals surface area (Å²) in [6, 6.07) is 3.34. The number of hydrogen-bond donors (Lipinski definition) is 2. The number of benzene rings is 1. The molecular formula is C13H19FN2O2. The van der Waals surface area contributed by atoms with Crippen molar-refractivity contribution in [2.24, 2.45) is 11.7 Å². The van der Waals surface area contributed by atoms with Crippen molar-refractivity contribution >= 4 is 11.6 Å². The predicted molar refractivity (Wildman–Crippen MR) is 69.0 cm³/mol. The zero-order valence-electron chi connectivity index (χ0n) is 10.9. The maximum Gasteiger partial charge on any atom is 0.241 e. The Labute approximate surface area is 106 Å². The van der Waals surface area contributed by atoms with Gasteiger partial charge in [-0.05, 0) is 24.5 Å². The van der Waals surface area contributed by atoms with Crippen LogP contribution in [0.3, 0.4) is 0 Å². The number of ether oxygens (including phenoxy) is 1. The second-order valence-corrected chi connectivity index (χ2v) is 4.57. The number of hydrogen-bond acceptors (Lipinski definition) is 3. The number of anilines is 1. The van der Waals surface area contributed by atoms with Crippen LogP contribution in [0.25, 0.3) is 0 Å². The fraction of sp³-hybridized carbons (Fsp3) is 0.462. The average molecular weight is 254 g/mol. The van der Waals surface area contributed by atoms with E-state index in [0.717, 1.165) is 0 Å². The average Bonchev–Trinajstić information content (AvgIpc) is 2.30. The summed E-state index contributed by atoms with van der Waals surface area (Å²) in [4.78, 5) is 11.8. The molecule has 0 aliphatic carbocycles. The number of amides is 1. The van der Waals surface area contributed by atoms with Crippen molar-refractivity contribution in [3.05, 3.63) is 24.0 Å². The van der Waals surface area contributed by atoms with Crippen molar-refractivity contribution < 1.29 is 13.9 Å². The highest BCUT2D eigenvalue weighted by Gasteiger charge is 2.16. The van der Waals surface area contributed by atoms with Gasteiger partial charge in [-0.25, -0.2) is 4.39 Å². The summed E-state index contributed by atoms with van der Waals surface area (Å²) in [6.45, 7) is 3.98. The lowest BCUT2D eigenvalue weighted by Gasteiger charge is -2.15. The van der Waals surface area contributed by atoms with Crippen LogP contribution < -0.4 is 15.8 Å². The minimum Gasteiger partial charge on any atom is -0.494 e. The van der Waals surface area contributed by atoms with Crippen molar-refractivity contribution in [2.45, 2.75) is 26.3 Å². The smallest absolute Gasteiger partial charge is 0.241 e. The van der Waals surface area contributed by atoms with Gasteiger partial charge in [-0.3, -0.25) is 4.79 Å². The van der Waals surface area contributed by atoms with E-state index in [1.54, 1.807) is 0 Å². The predicted octanol–water partition coefficient (Wildman–Crippen LogP) is 2.15. The Bertz CT molecular complexity index is 421. The molecule has 5 heteroatoms. The van der Waals surface area contributed by atoms with Crippen LogP contribution in [0.1, 0.15) is 20.3 Å². The third-order valence-electron chi connectivity index (χ3n) is 2.48. The Kier molecular flexibility index (Phi) is 5.09. The number of rotatable bonds is 5. The summed E-state index contributed by atoms with van der Waals surface area (Å²) in [5.41, 5.74) is 6.18. The largest absolute Gasteiger partial charge is 0.494 e. The van der Waals surface area contributed by atoms with Gasteiger partial charge in [0.1, 0.15) is 11.6 Å². The molecule has 0 heterocycles. The van der Waals surface area contributed by atoms with Gasteiger partial charge in [-0.1, -0.05) is 13.8 Å². The van der Waals surface area contributed by atoms with E-state index in [4.69, 9.17) is 10.5 Å². The first-order chi connectivity index (χ1) is 8.43. The van der Waals surface area contributed by atoms with Crippen LogP contribution in [0.5, 0.6) is 5.75 Å². The van der Waals surface area contributed by atoms with Gasteiger partial charge >= 0.3 is 0 Å². The molecule has 1 amide bonds. The zero-order chi connectivity index (χ0) is 13.7. The molecule has 1 rings (SSSR count). The lowest BCUT2D eigenvalue weighted by atomic mass is 10.0. The monoisotopic (exact) mass is 254 g/mol. The summed E-state index contributed by atoms with van der Waals surface area (Å²) >= 11 is 0. The van der Waals surface area contributed by atoms with E-state index in [2.05, 4.69) is 5.32 Å². The number of carbonyl (C=O) groups is 1. The molecule has 0 aromatic heterocycles. The number of carbonyl (C=O) groups excluding carboxylic acids is 1. The topological polar surface area (TPSA) is 64.3 Å². The van der Waals surface area contributed by atoms with Crippen molar-refractivity contribution in [2.75, 3.05) is 12.4 Å². The van der Waals surface area contributed by atoms with Crippen LogP contribution in [0, 0.1) is 11.7 Å². The molecule has 1 aromatic rings. The van der Waals surface area contributed by atoms with Gasteiger partial charge in [0.2, 0.25) is 5.91 Å². The second-order valence-electron chi connectivity index (χ2n) is 4.57. The normalized spacial score (nSPS) is 12.3. The van der Waals surface area contributed by atoms with Gasteiger partial charge in [-0.2, -0.15) is 0 Å². The minimum absolute atomic E-state index is 0.278. The first-order valence-electron chi connectivity index (χ1n) is 5.84. The van der Waals surface area contributed by atoms with Gasteiger partial charge in [0.15, 0.2) is 0 Å². The molecule has 0 fully saturated rings. The molecule has 0 saturated carbocycles. The number of nitrogens with one attached hydrogen (secondary N) is 1. The Hall–Kier alpha value is -1.62. The van der Waals surface area contributed by atoms with Crippen molar-refractivity contribution in [1.29, 1.82) is 0 Å². The van der Waals surface area contributed by atoms with Crippen LogP contribution in [0.15, 0.2) is 18.2 Å². The molecule has 0 aliphatic rings. The van der Waals surface area contributed by atoms with Gasteiger partial charge in [0, 0.05) is 6.07 Å². The molecule has 4 nitrogen and oxygen atoms in total. The van der Waals surface area contributed by atoms with E-state index in [0.29, 0.717) is 18.0 Å². The maximum absolute atomic E-state index is 13.0. The molecule has 100 valence electrons. The SMILES string of the molecule is COc1cc(F)ccc1NC(=O)[C@@H](N)CC(C)C. The maximum atomic E-state index is 13.0. The molecule has 3 N–H and O–H groups in total. The second kappa shape index (κ2) is 6.35. The lowest BCUT2D eigenvalue weighted by molar-refractivity contribution is -0.117. The molecule has 18 heavy (non-hydrogen) atoms. The highest BCUT2D eigenvalue weighted by atomic mass is 19.1. The molecule has 0 unspecified atom stereocenters. The molecular weight excluding hydrogens is 235 g/mol. The Morgan fingerprint density at radius 3 is 2.72 bits per heavy atom. The third-order valence-corrected chi connectivity index (χ3v) is 2.48. The number of nitrogens with two attached hydrogens (primary N) is 1. The highest BCUT2D eigenvalue weighted by Crippen LogP contribution is 2.25. The Morgan fingerprint density at radius 2 is 2.17 bits per heavy atom. The van der Waals surface area contributed by atoms with Crippen LogP contribution in [0.2, 0.25) is 0 Å². The van der Waals surface area contributed by atoms with Crippen molar-refractivity contribution in [3.8, 4) is 5.75 Å². The summed E-state index contributed by atoms with van der Waals surface area (Å²) in [7, 11) is 1.42. The quantitative estimate of drug-likeness (QED) is 0.846. The Balaban J connectivity index is 2.75. The number of halogens is 1. The van der Waals surface area contributed by atoms with Gasteiger partial charge in [0.25, 0.3) is 0 Å². The van der Waals surface area contributed by atoms with Gasteiger partial charge in [0.05, 0.1) is 18.8 Å². The van der Waals surface area contributed by atoms with Crippen LogP contribution >= 0.6 is 0 Å². The number of methoxy groups -OCH3 is 1. The summed E-state index contributed by atoms with van der Waals surface area (Å²) in [6.07, 6.45) is 0.593. The first-order valence-corrected chi connectivity index (χ1v) is 5.84. The van der Waals surface area contributed by atoms with E-state index in [-0.39, 0.29) is 11.7 Å². The van der Waals surface area contributed by atoms with Crippen LogP contribution in [-0.4, -0.2) is 19.1 Å². The van der Waals surface area contributed by atoms with Crippen molar-refractivity contribution in [1.82, 2.24) is 0 Å². The van der Waals surface area contributed by atoms with Gasteiger partial charge < -0.3 is 15.8 Å². The van der Waals surface area contributed by atoms with E-state index in [1.165, 1.54) is 25.3 Å². The molecule has 1 aromatic carbocycles. The minimum atomic E-state index is -0.584. The fourth-order valence-electron chi connectivity index (χ4n) is 1.61. The Morgan fingerprint density at radius 1 is 1.50 bits per heavy atom. The van der Waals surface area contributed by atoms with E-state index >= 15 is 0 Å². The molecule has 0 spiro atoms. The van der Waals surface area contributed by atoms with Crippen LogP contribution in [0.4, 0.5) is 10.1 Å². The van der Waals surface area contributed by atoms with E-state index < -0.39 is 11.9 Å². The first kappa shape index (κ1) is 14.4. The third kappa shape index (κ3) is 4.00. The summed E-state index contributed by atoms with van der Waals surface area (Å²) in [5, 5.41) is 2.64. The van der Waals surface area contributed by atoms with Gasteiger partial charge in [-0.15, -0.1) is 0 Å². The molecule has 0 radical (unpaired) electrons. The zero-order valence-corrected chi connectivity index (χ0v) is 10.9. The summed E-state index contributed by atoms with van der Waals surface area (Å²) in [5.74, 6) is -0.106. The summed E-state index contributed by atoms with van der Waals surface area (Å²) < 4.78 is 18.0.